The molecule has 2 aromatic rings. The van der Waals surface area contributed by atoms with Gasteiger partial charge in [0.1, 0.15) is 5.75 Å². The molecule has 1 aromatic heterocycles. The molecule has 0 radical (unpaired) electrons. The van der Waals surface area contributed by atoms with E-state index in [1.54, 1.807) is 24.4 Å². The zero-order chi connectivity index (χ0) is 23.7. The number of aliphatic hydroxyl groups excluding tert-OH is 1. The molecule has 3 fully saturated rings. The van der Waals surface area contributed by atoms with Gasteiger partial charge in [0, 0.05) is 17.2 Å². The largest absolute Gasteiger partial charge is 0.497 e. The van der Waals surface area contributed by atoms with Crippen LogP contribution in [0.1, 0.15) is 58.8 Å². The standard InChI is InChI=1S/C28H36N2O3S/c1-26-11-8-18(31)14-17(26)4-6-20-21(26)9-12-27(2)22(20)10-13-28(27,32)16-34-25-29-23-7-5-19(33-3)15-24(23)30-25/h4-7,15,18,21-22,31-32H,8-14,16H2,1-3H3,(H,29,30). The number of allylic oxidation sites excluding steroid dienone is 3. The van der Waals surface area contributed by atoms with Crippen molar-refractivity contribution >= 4 is 22.8 Å². The third kappa shape index (κ3) is 3.25. The highest BCUT2D eigenvalue weighted by Gasteiger charge is 2.61. The summed E-state index contributed by atoms with van der Waals surface area (Å²) in [5.74, 6) is 2.45. The summed E-state index contributed by atoms with van der Waals surface area (Å²) in [7, 11) is 1.67. The normalized spacial score (nSPS) is 39.1. The van der Waals surface area contributed by atoms with Crippen LogP contribution in [0.15, 0.2) is 46.7 Å². The Labute approximate surface area is 206 Å². The lowest BCUT2D eigenvalue weighted by atomic mass is 9.50. The topological polar surface area (TPSA) is 78.4 Å². The van der Waals surface area contributed by atoms with Crippen LogP contribution in [0, 0.1) is 22.7 Å². The number of aromatic nitrogens is 2. The van der Waals surface area contributed by atoms with Gasteiger partial charge in [-0.1, -0.05) is 48.9 Å². The first-order valence-corrected chi connectivity index (χ1v) is 13.7. The van der Waals surface area contributed by atoms with Crippen molar-refractivity contribution in [1.82, 2.24) is 9.97 Å². The number of hydrogen-bond acceptors (Lipinski definition) is 5. The van der Waals surface area contributed by atoms with E-state index in [1.165, 1.54) is 5.57 Å². The number of hydrogen-bond donors (Lipinski definition) is 3. The number of aromatic amines is 1. The summed E-state index contributed by atoms with van der Waals surface area (Å²) < 4.78 is 5.33. The Morgan fingerprint density at radius 3 is 2.76 bits per heavy atom. The minimum atomic E-state index is -0.710. The highest BCUT2D eigenvalue weighted by molar-refractivity contribution is 7.99. The molecule has 4 aliphatic rings. The molecule has 3 N–H and O–H groups in total. The Hall–Kier alpha value is -1.76. The van der Waals surface area contributed by atoms with E-state index in [2.05, 4.69) is 31.0 Å². The molecule has 4 aliphatic carbocycles. The van der Waals surface area contributed by atoms with Crippen LogP contribution in [-0.2, 0) is 0 Å². The lowest BCUT2D eigenvalue weighted by Gasteiger charge is -2.56. The predicted octanol–water partition coefficient (Wildman–Crippen LogP) is 5.64. The van der Waals surface area contributed by atoms with Crippen LogP contribution < -0.4 is 4.74 Å². The fourth-order valence-electron chi connectivity index (χ4n) is 7.68. The van der Waals surface area contributed by atoms with Crippen LogP contribution >= 0.6 is 11.8 Å². The first kappa shape index (κ1) is 22.7. The van der Waals surface area contributed by atoms with Gasteiger partial charge in [-0.15, -0.1) is 0 Å². The van der Waals surface area contributed by atoms with Crippen LogP contribution in [-0.4, -0.2) is 44.7 Å². The van der Waals surface area contributed by atoms with Crippen LogP contribution in [0.2, 0.25) is 0 Å². The van der Waals surface area contributed by atoms with E-state index in [1.807, 2.05) is 18.2 Å². The van der Waals surface area contributed by atoms with Crippen molar-refractivity contribution in [1.29, 1.82) is 0 Å². The monoisotopic (exact) mass is 480 g/mol. The van der Waals surface area contributed by atoms with Crippen molar-refractivity contribution in [3.05, 3.63) is 41.5 Å². The van der Waals surface area contributed by atoms with Gasteiger partial charge >= 0.3 is 0 Å². The number of benzene rings is 1. The summed E-state index contributed by atoms with van der Waals surface area (Å²) in [5.41, 5.74) is 4.24. The molecular weight excluding hydrogens is 444 g/mol. The van der Waals surface area contributed by atoms with Gasteiger partial charge in [0.15, 0.2) is 5.16 Å². The molecule has 3 saturated carbocycles. The Morgan fingerprint density at radius 1 is 1.12 bits per heavy atom. The summed E-state index contributed by atoms with van der Waals surface area (Å²) in [5, 5.41) is 23.1. The minimum absolute atomic E-state index is 0.118. The molecule has 6 heteroatoms. The maximum atomic E-state index is 12.0. The smallest absolute Gasteiger partial charge is 0.166 e. The zero-order valence-corrected chi connectivity index (χ0v) is 21.3. The SMILES string of the molecule is COc1ccc2nc(SCC3(O)CCC4C5=CC=C6CC(O)CCC6(C)C5CCC43C)[nH]c2c1. The highest BCUT2D eigenvalue weighted by Crippen LogP contribution is 2.66. The number of thioether (sulfide) groups is 1. The Kier molecular flexibility index (Phi) is 5.25. The molecule has 6 atom stereocenters. The van der Waals surface area contributed by atoms with E-state index in [-0.39, 0.29) is 16.9 Å². The third-order valence-electron chi connectivity index (χ3n) is 9.98. The van der Waals surface area contributed by atoms with Crippen molar-refractivity contribution in [2.75, 3.05) is 12.9 Å². The van der Waals surface area contributed by atoms with E-state index in [0.717, 1.165) is 66.9 Å². The van der Waals surface area contributed by atoms with Gasteiger partial charge in [-0.05, 0) is 74.3 Å². The molecule has 0 saturated heterocycles. The predicted molar refractivity (Wildman–Crippen MR) is 136 cm³/mol. The van der Waals surface area contributed by atoms with Crippen LogP contribution in [0.3, 0.4) is 0 Å². The summed E-state index contributed by atoms with van der Waals surface area (Å²) in [4.78, 5) is 8.14. The number of nitrogens with one attached hydrogen (secondary N) is 1. The van der Waals surface area contributed by atoms with Crippen molar-refractivity contribution in [3.63, 3.8) is 0 Å². The molecule has 1 aromatic carbocycles. The molecular formula is C28H36N2O3S. The third-order valence-corrected chi connectivity index (χ3v) is 11.1. The summed E-state index contributed by atoms with van der Waals surface area (Å²) in [6.45, 7) is 4.76. The maximum absolute atomic E-state index is 12.0. The van der Waals surface area contributed by atoms with Crippen LogP contribution in [0.25, 0.3) is 11.0 Å². The summed E-state index contributed by atoms with van der Waals surface area (Å²) >= 11 is 1.64. The van der Waals surface area contributed by atoms with E-state index in [0.29, 0.717) is 17.6 Å². The molecule has 0 amide bonds. The van der Waals surface area contributed by atoms with E-state index in [4.69, 9.17) is 9.72 Å². The molecule has 0 spiro atoms. The number of methoxy groups -OCH3 is 1. The fourth-order valence-corrected chi connectivity index (χ4v) is 8.87. The second kappa shape index (κ2) is 7.87. The van der Waals surface area contributed by atoms with Crippen molar-refractivity contribution < 1.29 is 14.9 Å². The number of H-pyrrole nitrogens is 1. The zero-order valence-electron chi connectivity index (χ0n) is 20.4. The van der Waals surface area contributed by atoms with E-state index >= 15 is 0 Å². The number of aliphatic hydroxyl groups is 2. The molecule has 34 heavy (non-hydrogen) atoms. The van der Waals surface area contributed by atoms with Crippen LogP contribution in [0.4, 0.5) is 0 Å². The van der Waals surface area contributed by atoms with Gasteiger partial charge in [-0.25, -0.2) is 4.98 Å². The summed E-state index contributed by atoms with van der Waals surface area (Å²) in [6.07, 6.45) is 11.4. The van der Waals surface area contributed by atoms with Gasteiger partial charge in [0.2, 0.25) is 0 Å². The highest BCUT2D eigenvalue weighted by atomic mass is 32.2. The fraction of sp³-hybridized carbons (Fsp3) is 0.607. The quantitative estimate of drug-likeness (QED) is 0.494. The van der Waals surface area contributed by atoms with Gasteiger partial charge in [0.05, 0.1) is 29.8 Å². The number of fused-ring (bicyclic) bond motifs is 6. The molecule has 6 rings (SSSR count). The Morgan fingerprint density at radius 2 is 1.94 bits per heavy atom. The Bertz CT molecular complexity index is 1190. The Balaban J connectivity index is 1.24. The van der Waals surface area contributed by atoms with Gasteiger partial charge in [0.25, 0.3) is 0 Å². The number of imidazole rings is 1. The number of rotatable bonds is 4. The maximum Gasteiger partial charge on any atom is 0.166 e. The molecule has 0 aliphatic heterocycles. The lowest BCUT2D eigenvalue weighted by molar-refractivity contribution is -0.0679. The summed E-state index contributed by atoms with van der Waals surface area (Å²) in [6, 6.07) is 5.87. The van der Waals surface area contributed by atoms with Gasteiger partial charge in [-0.3, -0.25) is 0 Å². The van der Waals surface area contributed by atoms with Gasteiger partial charge in [-0.2, -0.15) is 0 Å². The molecule has 0 bridgehead atoms. The van der Waals surface area contributed by atoms with Gasteiger partial charge < -0.3 is 19.9 Å². The van der Waals surface area contributed by atoms with Crippen molar-refractivity contribution in [2.45, 2.75) is 75.7 Å². The molecule has 6 unspecified atom stereocenters. The number of ether oxygens (including phenoxy) is 1. The van der Waals surface area contributed by atoms with Crippen LogP contribution in [0.5, 0.6) is 5.75 Å². The van der Waals surface area contributed by atoms with Crippen molar-refractivity contribution in [2.24, 2.45) is 22.7 Å². The molecule has 5 nitrogen and oxygen atoms in total. The lowest BCUT2D eigenvalue weighted by Crippen LogP contribution is -2.52. The first-order valence-electron chi connectivity index (χ1n) is 12.7. The minimum Gasteiger partial charge on any atom is -0.497 e. The first-order chi connectivity index (χ1) is 16.3. The second-order valence-corrected chi connectivity index (χ2v) is 12.5. The van der Waals surface area contributed by atoms with Crippen molar-refractivity contribution in [3.8, 4) is 5.75 Å². The average molecular weight is 481 g/mol. The van der Waals surface area contributed by atoms with E-state index in [9.17, 15) is 10.2 Å². The number of nitrogens with zero attached hydrogens (tertiary/aromatic N) is 1. The molecule has 1 heterocycles. The molecule has 182 valence electrons. The average Bonchev–Trinajstić information content (AvgIpc) is 3.36. The second-order valence-electron chi connectivity index (χ2n) is 11.5. The van der Waals surface area contributed by atoms with E-state index < -0.39 is 5.60 Å².